The highest BCUT2D eigenvalue weighted by Crippen LogP contribution is 2.18. The van der Waals surface area contributed by atoms with Gasteiger partial charge >= 0.3 is 0 Å². The molecule has 6 nitrogen and oxygen atoms in total. The molecule has 19 heavy (non-hydrogen) atoms. The van der Waals surface area contributed by atoms with E-state index in [-0.39, 0.29) is 17.7 Å². The van der Waals surface area contributed by atoms with Crippen molar-refractivity contribution in [1.82, 2.24) is 14.5 Å². The van der Waals surface area contributed by atoms with E-state index in [1.54, 1.807) is 15.6 Å². The molecule has 1 saturated heterocycles. The number of carbonyl (C=O) groups is 2. The molecule has 1 fully saturated rings. The summed E-state index contributed by atoms with van der Waals surface area (Å²) >= 11 is 0. The van der Waals surface area contributed by atoms with Gasteiger partial charge in [-0.2, -0.15) is 5.10 Å². The summed E-state index contributed by atoms with van der Waals surface area (Å²) in [5, 5.41) is 4.19. The van der Waals surface area contributed by atoms with E-state index in [1.807, 2.05) is 24.4 Å². The molecule has 1 aliphatic rings. The van der Waals surface area contributed by atoms with Gasteiger partial charge in [0.1, 0.15) is 0 Å². The van der Waals surface area contributed by atoms with Gasteiger partial charge in [0.05, 0.1) is 24.1 Å². The molecule has 0 spiro atoms. The first-order valence-electron chi connectivity index (χ1n) is 6.13. The molecular formula is C13H14N4O2. The zero-order chi connectivity index (χ0) is 13.4. The Morgan fingerprint density at radius 3 is 2.89 bits per heavy atom. The van der Waals surface area contributed by atoms with Crippen molar-refractivity contribution in [3.63, 3.8) is 0 Å². The highest BCUT2D eigenvalue weighted by atomic mass is 16.2. The number of nitrogens with zero attached hydrogens (tertiary/aromatic N) is 3. The van der Waals surface area contributed by atoms with Crippen LogP contribution in [0.5, 0.6) is 0 Å². The molecule has 0 radical (unpaired) electrons. The van der Waals surface area contributed by atoms with Crippen molar-refractivity contribution in [3.8, 4) is 0 Å². The minimum Gasteiger partial charge on any atom is -0.369 e. The zero-order valence-corrected chi connectivity index (χ0v) is 10.3. The number of pyridine rings is 1. The number of nitrogens with two attached hydrogens (primary N) is 1. The molecule has 2 N–H and O–H groups in total. The van der Waals surface area contributed by atoms with Crippen LogP contribution in [-0.4, -0.2) is 39.4 Å². The smallest absolute Gasteiger partial charge is 0.227 e. The number of rotatable bonds is 3. The molecular weight excluding hydrogens is 244 g/mol. The predicted octanol–water partition coefficient (Wildman–Crippen LogP) is -0.179. The molecule has 0 atom stereocenters. The topological polar surface area (TPSA) is 80.7 Å². The van der Waals surface area contributed by atoms with Gasteiger partial charge in [0, 0.05) is 24.8 Å². The second kappa shape index (κ2) is 4.38. The molecule has 0 unspecified atom stereocenters. The van der Waals surface area contributed by atoms with Crippen LogP contribution in [0, 0.1) is 5.92 Å². The lowest BCUT2D eigenvalue weighted by molar-refractivity contribution is -0.141. The molecule has 0 saturated carbocycles. The summed E-state index contributed by atoms with van der Waals surface area (Å²) in [6, 6.07) is 5.73. The van der Waals surface area contributed by atoms with Crippen LogP contribution < -0.4 is 5.73 Å². The van der Waals surface area contributed by atoms with Gasteiger partial charge in [-0.1, -0.05) is 6.07 Å². The minimum absolute atomic E-state index is 0.0104. The summed E-state index contributed by atoms with van der Waals surface area (Å²) in [7, 11) is 0. The Labute approximate surface area is 109 Å². The Morgan fingerprint density at radius 1 is 1.37 bits per heavy atom. The van der Waals surface area contributed by atoms with E-state index in [2.05, 4.69) is 5.10 Å². The maximum absolute atomic E-state index is 12.0. The first-order chi connectivity index (χ1) is 9.15. The fourth-order valence-corrected chi connectivity index (χ4v) is 2.26. The molecule has 1 aliphatic heterocycles. The molecule has 6 heteroatoms. The first kappa shape index (κ1) is 11.7. The average molecular weight is 258 g/mol. The third kappa shape index (κ3) is 2.05. The molecule has 98 valence electrons. The molecule has 2 aromatic heterocycles. The fraction of sp³-hybridized carbons (Fsp3) is 0.308. The SMILES string of the molecule is NC(=O)C1CN(C(=O)Cc2cnn3ccccc23)C1. The standard InChI is InChI=1S/C13H14N4O2/c14-13(19)10-7-16(8-10)12(18)5-9-6-15-17-4-2-1-3-11(9)17/h1-4,6,10H,5,7-8H2,(H2,14,19). The Bertz CT molecular complexity index is 643. The second-order valence-corrected chi connectivity index (χ2v) is 4.78. The summed E-state index contributed by atoms with van der Waals surface area (Å²) in [6.07, 6.45) is 3.85. The molecule has 3 rings (SSSR count). The van der Waals surface area contributed by atoms with Crippen LogP contribution in [0.2, 0.25) is 0 Å². The quantitative estimate of drug-likeness (QED) is 0.829. The van der Waals surface area contributed by atoms with Crippen molar-refractivity contribution >= 4 is 17.3 Å². The first-order valence-corrected chi connectivity index (χ1v) is 6.13. The fourth-order valence-electron chi connectivity index (χ4n) is 2.26. The maximum atomic E-state index is 12.0. The third-order valence-electron chi connectivity index (χ3n) is 3.48. The Balaban J connectivity index is 1.69. The summed E-state index contributed by atoms with van der Waals surface area (Å²) in [5.41, 5.74) is 7.01. The van der Waals surface area contributed by atoms with Crippen LogP contribution >= 0.6 is 0 Å². The van der Waals surface area contributed by atoms with Crippen LogP contribution in [-0.2, 0) is 16.0 Å². The van der Waals surface area contributed by atoms with Gasteiger partial charge in [-0.05, 0) is 12.1 Å². The summed E-state index contributed by atoms with van der Waals surface area (Å²) < 4.78 is 1.74. The summed E-state index contributed by atoms with van der Waals surface area (Å²) in [4.78, 5) is 24.6. The molecule has 3 heterocycles. The lowest BCUT2D eigenvalue weighted by atomic mass is 9.98. The molecule has 0 aliphatic carbocycles. The highest BCUT2D eigenvalue weighted by molar-refractivity contribution is 5.85. The Hall–Kier alpha value is -2.37. The van der Waals surface area contributed by atoms with E-state index < -0.39 is 0 Å². The monoisotopic (exact) mass is 258 g/mol. The third-order valence-corrected chi connectivity index (χ3v) is 3.48. The maximum Gasteiger partial charge on any atom is 0.227 e. The van der Waals surface area contributed by atoms with Gasteiger partial charge in [-0.25, -0.2) is 4.52 Å². The predicted molar refractivity (Wildman–Crippen MR) is 68.2 cm³/mol. The molecule has 2 amide bonds. The van der Waals surface area contributed by atoms with E-state index in [1.165, 1.54) is 0 Å². The van der Waals surface area contributed by atoms with Crippen molar-refractivity contribution < 1.29 is 9.59 Å². The summed E-state index contributed by atoms with van der Waals surface area (Å²) in [5.74, 6) is -0.510. The number of likely N-dealkylation sites (tertiary alicyclic amines) is 1. The Kier molecular flexibility index (Phi) is 2.70. The van der Waals surface area contributed by atoms with E-state index >= 15 is 0 Å². The van der Waals surface area contributed by atoms with E-state index in [0.29, 0.717) is 19.5 Å². The van der Waals surface area contributed by atoms with Crippen molar-refractivity contribution in [2.24, 2.45) is 11.7 Å². The van der Waals surface area contributed by atoms with Gasteiger partial charge in [0.15, 0.2) is 0 Å². The second-order valence-electron chi connectivity index (χ2n) is 4.78. The molecule has 2 aromatic rings. The largest absolute Gasteiger partial charge is 0.369 e. The highest BCUT2D eigenvalue weighted by Gasteiger charge is 2.34. The van der Waals surface area contributed by atoms with E-state index in [9.17, 15) is 9.59 Å². The van der Waals surface area contributed by atoms with E-state index in [0.717, 1.165) is 11.1 Å². The van der Waals surface area contributed by atoms with Gasteiger partial charge in [0.25, 0.3) is 0 Å². The van der Waals surface area contributed by atoms with Crippen LogP contribution in [0.15, 0.2) is 30.6 Å². The average Bonchev–Trinajstić information content (AvgIpc) is 2.70. The van der Waals surface area contributed by atoms with Crippen LogP contribution in [0.1, 0.15) is 5.56 Å². The molecule has 0 aromatic carbocycles. The lowest BCUT2D eigenvalue weighted by Crippen LogP contribution is -2.55. The van der Waals surface area contributed by atoms with Crippen LogP contribution in [0.25, 0.3) is 5.52 Å². The Morgan fingerprint density at radius 2 is 2.16 bits per heavy atom. The van der Waals surface area contributed by atoms with Crippen LogP contribution in [0.3, 0.4) is 0 Å². The van der Waals surface area contributed by atoms with E-state index in [4.69, 9.17) is 5.73 Å². The zero-order valence-electron chi connectivity index (χ0n) is 10.3. The lowest BCUT2D eigenvalue weighted by Gasteiger charge is -2.37. The van der Waals surface area contributed by atoms with Crippen molar-refractivity contribution in [2.75, 3.05) is 13.1 Å². The van der Waals surface area contributed by atoms with Gasteiger partial charge in [0.2, 0.25) is 11.8 Å². The van der Waals surface area contributed by atoms with Crippen LogP contribution in [0.4, 0.5) is 0 Å². The van der Waals surface area contributed by atoms with Crippen molar-refractivity contribution in [1.29, 1.82) is 0 Å². The number of hydrogen-bond acceptors (Lipinski definition) is 3. The minimum atomic E-state index is -0.333. The van der Waals surface area contributed by atoms with Gasteiger partial charge in [-0.3, -0.25) is 9.59 Å². The van der Waals surface area contributed by atoms with Gasteiger partial charge in [-0.15, -0.1) is 0 Å². The summed E-state index contributed by atoms with van der Waals surface area (Å²) in [6.45, 7) is 0.876. The number of hydrogen-bond donors (Lipinski definition) is 1. The number of amides is 2. The normalized spacial score (nSPS) is 15.5. The van der Waals surface area contributed by atoms with Crippen molar-refractivity contribution in [3.05, 3.63) is 36.2 Å². The number of aromatic nitrogens is 2. The number of primary amides is 1. The number of carbonyl (C=O) groups excluding carboxylic acids is 2. The van der Waals surface area contributed by atoms with Gasteiger partial charge < -0.3 is 10.6 Å². The number of fused-ring (bicyclic) bond motifs is 1. The molecule has 0 bridgehead atoms. The van der Waals surface area contributed by atoms with Crippen molar-refractivity contribution in [2.45, 2.75) is 6.42 Å².